The molecule has 6 nitrogen and oxygen atoms in total. The minimum Gasteiger partial charge on any atom is -0.497 e. The minimum absolute atomic E-state index is 0.0522. The summed E-state index contributed by atoms with van der Waals surface area (Å²) in [6, 6.07) is 16.0. The van der Waals surface area contributed by atoms with Gasteiger partial charge < -0.3 is 10.1 Å². The van der Waals surface area contributed by atoms with E-state index in [2.05, 4.69) is 10.0 Å². The van der Waals surface area contributed by atoms with E-state index in [9.17, 15) is 17.6 Å². The summed E-state index contributed by atoms with van der Waals surface area (Å²) in [5, 5.41) is 2.72. The van der Waals surface area contributed by atoms with Gasteiger partial charge in [-0.05, 0) is 60.2 Å². The first-order valence-corrected chi connectivity index (χ1v) is 10.6. The SMILES string of the molecule is COc1ccc(S(=O)(=O)Nc2ccc(C(=O)NCc3cccc(F)c3)c(Cl)c2)cc1. The second-order valence-electron chi connectivity index (χ2n) is 6.29. The van der Waals surface area contributed by atoms with E-state index in [0.29, 0.717) is 11.3 Å². The Bertz CT molecular complexity index is 1170. The van der Waals surface area contributed by atoms with Gasteiger partial charge in [0.05, 0.1) is 28.3 Å². The predicted molar refractivity (Wildman–Crippen MR) is 113 cm³/mol. The summed E-state index contributed by atoms with van der Waals surface area (Å²) in [6.07, 6.45) is 0. The molecule has 30 heavy (non-hydrogen) atoms. The van der Waals surface area contributed by atoms with E-state index in [0.717, 1.165) is 0 Å². The van der Waals surface area contributed by atoms with Crippen molar-refractivity contribution in [1.29, 1.82) is 0 Å². The van der Waals surface area contributed by atoms with Gasteiger partial charge >= 0.3 is 0 Å². The van der Waals surface area contributed by atoms with Crippen LogP contribution in [-0.2, 0) is 16.6 Å². The van der Waals surface area contributed by atoms with Gasteiger partial charge in [-0.3, -0.25) is 9.52 Å². The molecule has 0 aliphatic carbocycles. The number of anilines is 1. The van der Waals surface area contributed by atoms with Crippen molar-refractivity contribution in [1.82, 2.24) is 5.32 Å². The van der Waals surface area contributed by atoms with Crippen LogP contribution >= 0.6 is 11.6 Å². The van der Waals surface area contributed by atoms with E-state index >= 15 is 0 Å². The molecule has 0 saturated carbocycles. The Kier molecular flexibility index (Phi) is 6.59. The average molecular weight is 449 g/mol. The molecule has 9 heteroatoms. The number of sulfonamides is 1. The molecule has 3 rings (SSSR count). The fourth-order valence-corrected chi connectivity index (χ4v) is 3.97. The molecule has 0 aliphatic rings. The molecule has 0 saturated heterocycles. The van der Waals surface area contributed by atoms with Crippen molar-refractivity contribution in [2.45, 2.75) is 11.4 Å². The molecular weight excluding hydrogens is 431 g/mol. The Hall–Kier alpha value is -3.10. The molecule has 0 radical (unpaired) electrons. The van der Waals surface area contributed by atoms with Crippen molar-refractivity contribution < 1.29 is 22.3 Å². The largest absolute Gasteiger partial charge is 0.497 e. The number of ether oxygens (including phenoxy) is 1. The molecule has 3 aromatic carbocycles. The number of carbonyl (C=O) groups is 1. The van der Waals surface area contributed by atoms with Crippen LogP contribution in [-0.4, -0.2) is 21.4 Å². The molecule has 0 aliphatic heterocycles. The lowest BCUT2D eigenvalue weighted by molar-refractivity contribution is 0.0951. The maximum Gasteiger partial charge on any atom is 0.261 e. The molecule has 0 fully saturated rings. The number of rotatable bonds is 7. The van der Waals surface area contributed by atoms with Gasteiger partial charge in [0.25, 0.3) is 15.9 Å². The van der Waals surface area contributed by atoms with Gasteiger partial charge in [0, 0.05) is 6.54 Å². The second-order valence-corrected chi connectivity index (χ2v) is 8.38. The first-order valence-electron chi connectivity index (χ1n) is 8.77. The van der Waals surface area contributed by atoms with Crippen molar-refractivity contribution in [2.24, 2.45) is 0 Å². The summed E-state index contributed by atoms with van der Waals surface area (Å²) in [5.74, 6) is -0.326. The van der Waals surface area contributed by atoms with Crippen LogP contribution in [0.3, 0.4) is 0 Å². The number of nitrogens with one attached hydrogen (secondary N) is 2. The van der Waals surface area contributed by atoms with Crippen LogP contribution in [0, 0.1) is 5.82 Å². The van der Waals surface area contributed by atoms with Gasteiger partial charge in [0.1, 0.15) is 11.6 Å². The van der Waals surface area contributed by atoms with Crippen molar-refractivity contribution >= 4 is 33.2 Å². The zero-order valence-corrected chi connectivity index (χ0v) is 17.4. The summed E-state index contributed by atoms with van der Waals surface area (Å²) >= 11 is 6.17. The van der Waals surface area contributed by atoms with E-state index in [1.54, 1.807) is 12.1 Å². The molecule has 0 aromatic heterocycles. The van der Waals surface area contributed by atoms with Crippen molar-refractivity contribution in [3.8, 4) is 5.75 Å². The molecule has 2 N–H and O–H groups in total. The third kappa shape index (κ3) is 5.28. The summed E-state index contributed by atoms with van der Waals surface area (Å²) in [7, 11) is -2.35. The molecule has 0 unspecified atom stereocenters. The monoisotopic (exact) mass is 448 g/mol. The highest BCUT2D eigenvalue weighted by Gasteiger charge is 2.16. The molecule has 1 amide bonds. The van der Waals surface area contributed by atoms with Crippen LogP contribution in [0.15, 0.2) is 71.6 Å². The Morgan fingerprint density at radius 3 is 2.43 bits per heavy atom. The summed E-state index contributed by atoms with van der Waals surface area (Å²) in [6.45, 7) is 0.124. The topological polar surface area (TPSA) is 84.5 Å². The molecule has 3 aromatic rings. The van der Waals surface area contributed by atoms with E-state index in [1.165, 1.54) is 61.7 Å². The van der Waals surface area contributed by atoms with Gasteiger partial charge in [-0.1, -0.05) is 23.7 Å². The highest BCUT2D eigenvalue weighted by atomic mass is 35.5. The van der Waals surface area contributed by atoms with Crippen molar-refractivity contribution in [3.63, 3.8) is 0 Å². The fourth-order valence-electron chi connectivity index (χ4n) is 2.66. The Balaban J connectivity index is 1.70. The lowest BCUT2D eigenvalue weighted by Gasteiger charge is -2.11. The molecule has 0 heterocycles. The lowest BCUT2D eigenvalue weighted by Crippen LogP contribution is -2.23. The summed E-state index contributed by atoms with van der Waals surface area (Å²) in [5.41, 5.74) is 0.973. The summed E-state index contributed by atoms with van der Waals surface area (Å²) < 4.78 is 45.7. The van der Waals surface area contributed by atoms with E-state index < -0.39 is 21.7 Å². The van der Waals surface area contributed by atoms with Gasteiger partial charge in [-0.15, -0.1) is 0 Å². The Morgan fingerprint density at radius 2 is 1.80 bits per heavy atom. The number of hydrogen-bond acceptors (Lipinski definition) is 4. The number of carbonyl (C=O) groups excluding carboxylic acids is 1. The number of hydrogen-bond donors (Lipinski definition) is 2. The van der Waals surface area contributed by atoms with Crippen LogP contribution in [0.25, 0.3) is 0 Å². The molecule has 0 spiro atoms. The maximum atomic E-state index is 13.2. The quantitative estimate of drug-likeness (QED) is 0.566. The first kappa shape index (κ1) is 21.6. The van der Waals surface area contributed by atoms with Gasteiger partial charge in [-0.25, -0.2) is 12.8 Å². The second kappa shape index (κ2) is 9.15. The van der Waals surface area contributed by atoms with Gasteiger partial charge in [0.15, 0.2) is 0 Å². The standard InChI is InChI=1S/C21H18ClFN2O4S/c1-29-17-6-8-18(9-7-17)30(27,28)25-16-5-10-19(20(22)12-16)21(26)24-13-14-3-2-4-15(23)11-14/h2-12,25H,13H2,1H3,(H,24,26). The third-order valence-electron chi connectivity index (χ3n) is 4.18. The van der Waals surface area contributed by atoms with Crippen LogP contribution < -0.4 is 14.8 Å². The predicted octanol–water partition coefficient (Wildman–Crippen LogP) is 4.22. The number of amides is 1. The normalized spacial score (nSPS) is 11.0. The van der Waals surface area contributed by atoms with Gasteiger partial charge in [-0.2, -0.15) is 0 Å². The van der Waals surface area contributed by atoms with Crippen molar-refractivity contribution in [2.75, 3.05) is 11.8 Å². The van der Waals surface area contributed by atoms with Crippen molar-refractivity contribution in [3.05, 3.63) is 88.7 Å². The highest BCUT2D eigenvalue weighted by molar-refractivity contribution is 7.92. The number of methoxy groups -OCH3 is 1. The third-order valence-corrected chi connectivity index (χ3v) is 5.89. The Morgan fingerprint density at radius 1 is 1.07 bits per heavy atom. The van der Waals surface area contributed by atoms with Crippen LogP contribution in [0.2, 0.25) is 5.02 Å². The van der Waals surface area contributed by atoms with E-state index in [-0.39, 0.29) is 27.7 Å². The zero-order chi connectivity index (χ0) is 21.7. The smallest absolute Gasteiger partial charge is 0.261 e. The highest BCUT2D eigenvalue weighted by Crippen LogP contribution is 2.24. The van der Waals surface area contributed by atoms with Crippen LogP contribution in [0.1, 0.15) is 15.9 Å². The van der Waals surface area contributed by atoms with E-state index in [4.69, 9.17) is 16.3 Å². The van der Waals surface area contributed by atoms with E-state index in [1.807, 2.05) is 0 Å². The molecule has 0 bridgehead atoms. The minimum atomic E-state index is -3.84. The van der Waals surface area contributed by atoms with Crippen LogP contribution in [0.5, 0.6) is 5.75 Å². The molecular formula is C21H18ClFN2O4S. The Labute approximate surface area is 178 Å². The fraction of sp³-hybridized carbons (Fsp3) is 0.0952. The van der Waals surface area contributed by atoms with Gasteiger partial charge in [0.2, 0.25) is 0 Å². The number of benzene rings is 3. The summed E-state index contributed by atoms with van der Waals surface area (Å²) in [4.78, 5) is 12.4. The first-order chi connectivity index (χ1) is 14.3. The average Bonchev–Trinajstić information content (AvgIpc) is 2.72. The number of halogens is 2. The zero-order valence-electron chi connectivity index (χ0n) is 15.9. The molecule has 156 valence electrons. The van der Waals surface area contributed by atoms with Crippen LogP contribution in [0.4, 0.5) is 10.1 Å². The maximum absolute atomic E-state index is 13.2. The molecule has 0 atom stereocenters. The lowest BCUT2D eigenvalue weighted by atomic mass is 10.1.